The molecule has 0 N–H and O–H groups in total. The first-order valence-corrected chi connectivity index (χ1v) is 35.4. The van der Waals surface area contributed by atoms with Gasteiger partial charge in [0.15, 0.2) is 0 Å². The average Bonchev–Trinajstić information content (AvgIpc) is 3.45. The Balaban J connectivity index is 5.21. The lowest BCUT2D eigenvalue weighted by atomic mass is 10.0. The number of rotatable bonds is 67. The zero-order valence-corrected chi connectivity index (χ0v) is 54.0. The zero-order chi connectivity index (χ0) is 58.1. The van der Waals surface area contributed by atoms with Crippen molar-refractivity contribution >= 4 is 23.9 Å². The average molecular weight is 1130 g/mol. The Morgan fingerprint density at radius 2 is 0.338 bits per heavy atom. The summed E-state index contributed by atoms with van der Waals surface area (Å²) >= 11 is 0. The number of carbonyl (C=O) groups is 4. The summed E-state index contributed by atoms with van der Waals surface area (Å²) in [7, 11) is 0. The van der Waals surface area contributed by atoms with Crippen LogP contribution in [0, 0.1) is 0 Å². The Labute approximate surface area is 497 Å². The summed E-state index contributed by atoms with van der Waals surface area (Å²) in [5.74, 6) is -0.600. The van der Waals surface area contributed by atoms with E-state index in [0.717, 1.165) is 51.4 Å². The minimum Gasteiger partial charge on any atom is -0.464 e. The van der Waals surface area contributed by atoms with Gasteiger partial charge in [0, 0.05) is 65.0 Å². The van der Waals surface area contributed by atoms with Crippen LogP contribution < -0.4 is 0 Å². The van der Waals surface area contributed by atoms with Gasteiger partial charge in [-0.25, -0.2) is 0 Å². The van der Waals surface area contributed by atoms with Crippen molar-refractivity contribution in [3.05, 3.63) is 0 Å². The van der Waals surface area contributed by atoms with Gasteiger partial charge in [0.2, 0.25) is 0 Å². The summed E-state index contributed by atoms with van der Waals surface area (Å²) < 4.78 is 23.1. The molecule has 0 aliphatic carbocycles. The zero-order valence-electron chi connectivity index (χ0n) is 54.0. The van der Waals surface area contributed by atoms with Crippen LogP contribution in [-0.2, 0) is 38.1 Å². The molecule has 0 saturated carbocycles. The third-order valence-corrected chi connectivity index (χ3v) is 16.4. The molecule has 0 spiro atoms. The predicted octanol–water partition coefficient (Wildman–Crippen LogP) is 20.1. The summed E-state index contributed by atoms with van der Waals surface area (Å²) in [4.78, 5) is 55.8. The summed E-state index contributed by atoms with van der Waals surface area (Å²) in [5.41, 5.74) is 0. The van der Waals surface area contributed by atoms with Crippen LogP contribution >= 0.6 is 0 Å². The van der Waals surface area contributed by atoms with Gasteiger partial charge in [0.1, 0.15) is 26.4 Å². The lowest BCUT2D eigenvalue weighted by Gasteiger charge is -2.27. The smallest absolute Gasteiger partial charge is 0.305 e. The second-order valence-corrected chi connectivity index (χ2v) is 24.1. The van der Waals surface area contributed by atoms with Gasteiger partial charge >= 0.3 is 23.9 Å². The molecule has 0 heterocycles. The van der Waals surface area contributed by atoms with Gasteiger partial charge in [0.25, 0.3) is 0 Å². The van der Waals surface area contributed by atoms with Crippen molar-refractivity contribution < 1.29 is 38.1 Å². The summed E-state index contributed by atoms with van der Waals surface area (Å²) in [5, 5.41) is 0. The van der Waals surface area contributed by atoms with Crippen LogP contribution in [0.1, 0.15) is 362 Å². The van der Waals surface area contributed by atoms with E-state index in [1.54, 1.807) is 0 Å². The molecule has 0 fully saturated rings. The molecule has 0 aliphatic rings. The fourth-order valence-corrected chi connectivity index (χ4v) is 10.8. The monoisotopic (exact) mass is 1130 g/mol. The molecule has 0 aliphatic heterocycles. The van der Waals surface area contributed by atoms with Crippen molar-refractivity contribution in [1.82, 2.24) is 9.80 Å². The first-order valence-electron chi connectivity index (χ1n) is 35.4. The van der Waals surface area contributed by atoms with Gasteiger partial charge in [-0.2, -0.15) is 0 Å². The minimum absolute atomic E-state index is 0.150. The molecule has 474 valence electrons. The molecule has 80 heavy (non-hydrogen) atoms. The van der Waals surface area contributed by atoms with Crippen molar-refractivity contribution in [2.24, 2.45) is 0 Å². The first-order chi connectivity index (χ1) is 39.4. The van der Waals surface area contributed by atoms with Crippen LogP contribution in [0.4, 0.5) is 0 Å². The SMILES string of the molecule is CCCCCCCCCCCCCCC(=O)OCCN(CCOC(=O)CCCCCCCCCCCCCC)CCN(CCOC(=O)CCCCCCCCCCCCCC)CCOC(=O)CCCCCCCCCCCCCC. The summed E-state index contributed by atoms with van der Waals surface area (Å²) in [6, 6.07) is 0. The van der Waals surface area contributed by atoms with E-state index in [0.29, 0.717) is 65.0 Å². The van der Waals surface area contributed by atoms with Gasteiger partial charge in [-0.15, -0.1) is 0 Å². The third-order valence-electron chi connectivity index (χ3n) is 16.4. The molecule has 0 aromatic carbocycles. The quantitative estimate of drug-likeness (QED) is 0.0332. The van der Waals surface area contributed by atoms with E-state index >= 15 is 0 Å². The molecule has 10 heteroatoms. The van der Waals surface area contributed by atoms with Crippen molar-refractivity contribution in [3.8, 4) is 0 Å². The standard InChI is InChI=1S/C70H136N2O8/c1-5-9-13-17-21-25-29-33-37-41-45-49-53-67(73)77-63-59-71(60-64-78-68(74)54-50-46-42-38-34-30-26-22-18-14-10-6-2)57-58-72(61-65-79-69(75)55-51-47-43-39-35-31-27-23-19-15-11-7-3)62-66-80-70(76)56-52-48-44-40-36-32-28-24-20-16-12-8-4/h5-66H2,1-4H3. The largest absolute Gasteiger partial charge is 0.464 e. The van der Waals surface area contributed by atoms with Gasteiger partial charge in [-0.3, -0.25) is 29.0 Å². The second kappa shape index (κ2) is 65.9. The molecule has 10 nitrogen and oxygen atoms in total. The molecular weight excluding hydrogens is 997 g/mol. The van der Waals surface area contributed by atoms with E-state index in [4.69, 9.17) is 18.9 Å². The highest BCUT2D eigenvalue weighted by Crippen LogP contribution is 2.17. The third kappa shape index (κ3) is 61.9. The number of carbonyl (C=O) groups excluding carboxylic acids is 4. The minimum atomic E-state index is -0.150. The van der Waals surface area contributed by atoms with Crippen LogP contribution in [0.5, 0.6) is 0 Å². The van der Waals surface area contributed by atoms with Crippen LogP contribution in [0.3, 0.4) is 0 Å². The molecule has 0 atom stereocenters. The molecule has 0 saturated heterocycles. The second-order valence-electron chi connectivity index (χ2n) is 24.1. The molecule has 0 aromatic heterocycles. The van der Waals surface area contributed by atoms with Crippen molar-refractivity contribution in [2.75, 3.05) is 65.7 Å². The molecule has 0 unspecified atom stereocenters. The number of ether oxygens (including phenoxy) is 4. The maximum atomic E-state index is 12.8. The van der Waals surface area contributed by atoms with E-state index in [-0.39, 0.29) is 50.3 Å². The molecule has 0 rings (SSSR count). The van der Waals surface area contributed by atoms with E-state index in [1.807, 2.05) is 0 Å². The lowest BCUT2D eigenvalue weighted by molar-refractivity contribution is -0.146. The van der Waals surface area contributed by atoms with Crippen molar-refractivity contribution in [2.45, 2.75) is 362 Å². The summed E-state index contributed by atoms with van der Waals surface area (Å²) in [6.45, 7) is 13.5. The van der Waals surface area contributed by atoms with Gasteiger partial charge in [-0.1, -0.05) is 310 Å². The van der Waals surface area contributed by atoms with Gasteiger partial charge < -0.3 is 18.9 Å². The topological polar surface area (TPSA) is 112 Å². The Hall–Kier alpha value is -2.20. The summed E-state index contributed by atoms with van der Waals surface area (Å²) in [6.07, 6.45) is 61.9. The fourth-order valence-electron chi connectivity index (χ4n) is 10.8. The van der Waals surface area contributed by atoms with Gasteiger partial charge in [0.05, 0.1) is 0 Å². The molecular formula is C70H136N2O8. The number of esters is 4. The van der Waals surface area contributed by atoms with Crippen molar-refractivity contribution in [3.63, 3.8) is 0 Å². The first kappa shape index (κ1) is 77.8. The highest BCUT2D eigenvalue weighted by Gasteiger charge is 2.15. The van der Waals surface area contributed by atoms with Crippen LogP contribution in [-0.4, -0.2) is 99.4 Å². The lowest BCUT2D eigenvalue weighted by Crippen LogP contribution is -2.41. The fraction of sp³-hybridized carbons (Fsp3) is 0.943. The van der Waals surface area contributed by atoms with Gasteiger partial charge in [-0.05, 0) is 25.7 Å². The Kier molecular flexibility index (Phi) is 64.1. The maximum absolute atomic E-state index is 12.8. The van der Waals surface area contributed by atoms with E-state index in [2.05, 4.69) is 37.5 Å². The van der Waals surface area contributed by atoms with E-state index in [9.17, 15) is 19.2 Å². The van der Waals surface area contributed by atoms with Crippen LogP contribution in [0.25, 0.3) is 0 Å². The van der Waals surface area contributed by atoms with E-state index < -0.39 is 0 Å². The Bertz CT molecular complexity index is 1110. The highest BCUT2D eigenvalue weighted by atomic mass is 16.5. The van der Waals surface area contributed by atoms with E-state index in [1.165, 1.54) is 257 Å². The highest BCUT2D eigenvalue weighted by molar-refractivity contribution is 5.70. The Morgan fingerprint density at radius 1 is 0.200 bits per heavy atom. The number of hydrogen-bond acceptors (Lipinski definition) is 10. The molecule has 0 bridgehead atoms. The molecule has 0 amide bonds. The number of unbranched alkanes of at least 4 members (excludes halogenated alkanes) is 44. The molecule has 0 radical (unpaired) electrons. The van der Waals surface area contributed by atoms with Crippen molar-refractivity contribution in [1.29, 1.82) is 0 Å². The number of nitrogens with zero attached hydrogens (tertiary/aromatic N) is 2. The molecule has 0 aromatic rings. The normalized spacial score (nSPS) is 11.5. The maximum Gasteiger partial charge on any atom is 0.305 e. The van der Waals surface area contributed by atoms with Crippen LogP contribution in [0.2, 0.25) is 0 Å². The predicted molar refractivity (Wildman–Crippen MR) is 339 cm³/mol. The Morgan fingerprint density at radius 3 is 0.487 bits per heavy atom. The number of hydrogen-bond donors (Lipinski definition) is 0. The van der Waals surface area contributed by atoms with Crippen LogP contribution in [0.15, 0.2) is 0 Å².